The first kappa shape index (κ1) is 22.0. The van der Waals surface area contributed by atoms with Gasteiger partial charge >= 0.3 is 0 Å². The molecule has 0 unspecified atom stereocenters. The van der Waals surface area contributed by atoms with Crippen molar-refractivity contribution >= 4 is 30.8 Å². The fourth-order valence-corrected chi connectivity index (χ4v) is 3.83. The van der Waals surface area contributed by atoms with Crippen LogP contribution in [-0.4, -0.2) is 43.7 Å². The second-order valence-corrected chi connectivity index (χ2v) is 7.48. The summed E-state index contributed by atoms with van der Waals surface area (Å²) < 4.78 is 27.7. The minimum Gasteiger partial charge on any atom is -0.493 e. The third-order valence-electron chi connectivity index (χ3n) is 4.14. The molecule has 0 radical (unpaired) electrons. The third-order valence-corrected chi connectivity index (χ3v) is 5.57. The van der Waals surface area contributed by atoms with Crippen molar-refractivity contribution in [3.8, 4) is 17.2 Å². The number of hydrogen-bond donors (Lipinski definition) is 1. The smallest absolute Gasteiger partial charge is 0.211 e. The average molecular weight is 431 g/mol. The Labute approximate surface area is 177 Å². The Balaban J connectivity index is 1.73. The molecule has 3 rings (SSSR count). The molecule has 1 N–H and O–H groups in total. The number of rotatable bonds is 11. The van der Waals surface area contributed by atoms with E-state index in [0.29, 0.717) is 36.9 Å². The van der Waals surface area contributed by atoms with Gasteiger partial charge in [0, 0.05) is 17.1 Å². The number of nitrogens with zero attached hydrogens (tertiary/aromatic N) is 2. The molecule has 0 atom stereocenters. The van der Waals surface area contributed by atoms with Crippen molar-refractivity contribution < 1.29 is 23.3 Å². The van der Waals surface area contributed by atoms with Crippen molar-refractivity contribution in [2.45, 2.75) is 13.8 Å². The minimum absolute atomic E-state index is 0.391. The van der Waals surface area contributed by atoms with E-state index in [1.54, 1.807) is 14.2 Å². The Hall–Kier alpha value is -2.67. The Morgan fingerprint density at radius 3 is 2.20 bits per heavy atom. The summed E-state index contributed by atoms with van der Waals surface area (Å²) in [6.07, 6.45) is 1.90. The monoisotopic (exact) mass is 431 g/mol. The van der Waals surface area contributed by atoms with Crippen molar-refractivity contribution in [1.82, 2.24) is 9.97 Å². The van der Waals surface area contributed by atoms with E-state index in [2.05, 4.69) is 15.3 Å². The van der Waals surface area contributed by atoms with Crippen molar-refractivity contribution in [1.29, 1.82) is 0 Å². The van der Waals surface area contributed by atoms with Crippen molar-refractivity contribution in [2.24, 2.45) is 0 Å². The van der Waals surface area contributed by atoms with Crippen LogP contribution in [0.25, 0.3) is 10.9 Å². The Kier molecular flexibility index (Phi) is 8.02. The summed E-state index contributed by atoms with van der Waals surface area (Å²) in [5, 5.41) is 4.15. The maximum absolute atomic E-state index is 5.80. The van der Waals surface area contributed by atoms with E-state index < -0.39 is 8.38 Å². The van der Waals surface area contributed by atoms with E-state index in [9.17, 15) is 0 Å². The lowest BCUT2D eigenvalue weighted by Crippen LogP contribution is -2.02. The fraction of sp³-hybridized carbons (Fsp3) is 0.333. The highest BCUT2D eigenvalue weighted by Gasteiger charge is 2.12. The zero-order chi connectivity index (χ0) is 21.3. The molecule has 0 saturated heterocycles. The van der Waals surface area contributed by atoms with E-state index in [0.717, 1.165) is 22.3 Å². The molecule has 0 aliphatic heterocycles. The molecule has 0 amide bonds. The van der Waals surface area contributed by atoms with Gasteiger partial charge in [0.2, 0.25) is 8.38 Å². The quantitative estimate of drug-likeness (QED) is 0.419. The van der Waals surface area contributed by atoms with Crippen LogP contribution in [-0.2, 0) is 9.05 Å². The highest BCUT2D eigenvalue weighted by Crippen LogP contribution is 2.38. The number of hydrogen-bond acceptors (Lipinski definition) is 8. The highest BCUT2D eigenvalue weighted by molar-refractivity contribution is 7.47. The zero-order valence-electron chi connectivity index (χ0n) is 17.5. The maximum atomic E-state index is 5.80. The summed E-state index contributed by atoms with van der Waals surface area (Å²) in [7, 11) is 2.16. The molecule has 0 spiro atoms. The molecule has 1 heterocycles. The van der Waals surface area contributed by atoms with E-state index >= 15 is 0 Å². The van der Waals surface area contributed by atoms with Crippen LogP contribution in [0, 0.1) is 0 Å². The van der Waals surface area contributed by atoms with E-state index in [4.69, 9.17) is 23.3 Å². The summed E-state index contributed by atoms with van der Waals surface area (Å²) >= 11 is 0. The highest BCUT2D eigenvalue weighted by atomic mass is 31.2. The summed E-state index contributed by atoms with van der Waals surface area (Å²) in [5.74, 6) is 2.65. The second kappa shape index (κ2) is 10.9. The topological polar surface area (TPSA) is 84.0 Å². The first-order chi connectivity index (χ1) is 14.7. The molecule has 1 aromatic heterocycles. The number of benzene rings is 2. The molecule has 0 aliphatic rings. The predicted molar refractivity (Wildman–Crippen MR) is 118 cm³/mol. The van der Waals surface area contributed by atoms with E-state index in [1.165, 1.54) is 6.33 Å². The van der Waals surface area contributed by atoms with Gasteiger partial charge in [0.15, 0.2) is 17.8 Å². The van der Waals surface area contributed by atoms with Gasteiger partial charge in [-0.3, -0.25) is 0 Å². The minimum atomic E-state index is -1.04. The fourth-order valence-electron chi connectivity index (χ4n) is 2.78. The van der Waals surface area contributed by atoms with Gasteiger partial charge < -0.3 is 28.6 Å². The normalized spacial score (nSPS) is 11.0. The van der Waals surface area contributed by atoms with Crippen molar-refractivity contribution in [2.75, 3.05) is 39.1 Å². The second-order valence-electron chi connectivity index (χ2n) is 6.04. The molecule has 3 aromatic rings. The molecule has 9 heteroatoms. The molecule has 30 heavy (non-hydrogen) atoms. The van der Waals surface area contributed by atoms with Crippen LogP contribution in [0.1, 0.15) is 13.8 Å². The van der Waals surface area contributed by atoms with E-state index in [-0.39, 0.29) is 0 Å². The molecule has 0 aliphatic carbocycles. The first-order valence-electron chi connectivity index (χ1n) is 9.58. The Morgan fingerprint density at radius 1 is 0.900 bits per heavy atom. The SMILES string of the molecule is CCOP(COc1ccc(Nc2ncnc3cc(OC)c(OC)cc23)cc1)OCC. The van der Waals surface area contributed by atoms with Gasteiger partial charge in [-0.25, -0.2) is 9.97 Å². The van der Waals surface area contributed by atoms with Gasteiger partial charge in [0.1, 0.15) is 17.9 Å². The van der Waals surface area contributed by atoms with Crippen LogP contribution in [0.3, 0.4) is 0 Å². The molecule has 0 bridgehead atoms. The molecule has 160 valence electrons. The molecular formula is C21H26N3O5P. The lowest BCUT2D eigenvalue weighted by molar-refractivity contribution is 0.243. The largest absolute Gasteiger partial charge is 0.493 e. The molecule has 0 fully saturated rings. The van der Waals surface area contributed by atoms with Crippen LogP contribution in [0.4, 0.5) is 11.5 Å². The molecule has 0 saturated carbocycles. The van der Waals surface area contributed by atoms with Crippen LogP contribution in [0.15, 0.2) is 42.7 Å². The van der Waals surface area contributed by atoms with Gasteiger partial charge in [0.25, 0.3) is 0 Å². The lowest BCUT2D eigenvalue weighted by atomic mass is 10.2. The van der Waals surface area contributed by atoms with Crippen LogP contribution < -0.4 is 19.5 Å². The summed E-state index contributed by atoms with van der Waals surface area (Å²) in [5.41, 5.74) is 1.62. The van der Waals surface area contributed by atoms with Crippen LogP contribution >= 0.6 is 8.38 Å². The third kappa shape index (κ3) is 5.48. The van der Waals surface area contributed by atoms with Gasteiger partial charge in [-0.2, -0.15) is 0 Å². The average Bonchev–Trinajstić information content (AvgIpc) is 2.78. The summed E-state index contributed by atoms with van der Waals surface area (Å²) in [4.78, 5) is 8.70. The Morgan fingerprint density at radius 2 is 1.57 bits per heavy atom. The predicted octanol–water partition coefficient (Wildman–Crippen LogP) is 5.11. The number of aromatic nitrogens is 2. The maximum Gasteiger partial charge on any atom is 0.211 e. The number of nitrogens with one attached hydrogen (secondary N) is 1. The van der Waals surface area contributed by atoms with Crippen molar-refractivity contribution in [3.05, 3.63) is 42.7 Å². The standard InChI is InChI=1S/C21H26N3O5P/c1-5-28-30(29-6-2)14-27-16-9-7-15(8-10-16)24-21-17-11-19(25-3)20(26-4)12-18(17)22-13-23-21/h7-13H,5-6,14H2,1-4H3,(H,22,23,24). The number of methoxy groups -OCH3 is 2. The van der Waals surface area contributed by atoms with Crippen LogP contribution in [0.2, 0.25) is 0 Å². The number of anilines is 2. The number of ether oxygens (including phenoxy) is 3. The van der Waals surface area contributed by atoms with Gasteiger partial charge in [0.05, 0.1) is 33.0 Å². The van der Waals surface area contributed by atoms with Crippen LogP contribution in [0.5, 0.6) is 17.2 Å². The van der Waals surface area contributed by atoms with Gasteiger partial charge in [-0.1, -0.05) is 0 Å². The molecular weight excluding hydrogens is 405 g/mol. The number of fused-ring (bicyclic) bond motifs is 1. The molecule has 2 aromatic carbocycles. The Bertz CT molecular complexity index is 949. The summed E-state index contributed by atoms with van der Waals surface area (Å²) in [6, 6.07) is 11.3. The molecule has 8 nitrogen and oxygen atoms in total. The van der Waals surface area contributed by atoms with E-state index in [1.807, 2.05) is 50.2 Å². The van der Waals surface area contributed by atoms with Gasteiger partial charge in [-0.15, -0.1) is 0 Å². The first-order valence-corrected chi connectivity index (χ1v) is 10.9. The lowest BCUT2D eigenvalue weighted by Gasteiger charge is -2.16. The zero-order valence-corrected chi connectivity index (χ0v) is 18.4. The van der Waals surface area contributed by atoms with Crippen molar-refractivity contribution in [3.63, 3.8) is 0 Å². The summed E-state index contributed by atoms with van der Waals surface area (Å²) in [6.45, 7) is 5.08. The van der Waals surface area contributed by atoms with Gasteiger partial charge in [-0.05, 0) is 44.2 Å².